The SMILES string of the molecule is CN1CCN(C[C@@H]2COc3ccccc3O2)CC1. The Labute approximate surface area is 108 Å². The zero-order chi connectivity index (χ0) is 12.4. The molecule has 1 aromatic carbocycles. The molecule has 1 aromatic rings. The fraction of sp³-hybridized carbons (Fsp3) is 0.571. The summed E-state index contributed by atoms with van der Waals surface area (Å²) >= 11 is 0. The third-order valence-corrected chi connectivity index (χ3v) is 3.63. The summed E-state index contributed by atoms with van der Waals surface area (Å²) in [6, 6.07) is 7.90. The molecular weight excluding hydrogens is 228 g/mol. The summed E-state index contributed by atoms with van der Waals surface area (Å²) in [5.41, 5.74) is 0. The lowest BCUT2D eigenvalue weighted by Crippen LogP contribution is -2.49. The van der Waals surface area contributed by atoms with Crippen LogP contribution in [0.25, 0.3) is 0 Å². The second-order valence-electron chi connectivity index (χ2n) is 5.10. The molecule has 2 aliphatic rings. The van der Waals surface area contributed by atoms with E-state index in [0.717, 1.165) is 44.2 Å². The Balaban J connectivity index is 1.56. The maximum Gasteiger partial charge on any atom is 0.161 e. The summed E-state index contributed by atoms with van der Waals surface area (Å²) in [6.45, 7) is 6.15. The number of para-hydroxylation sites is 2. The first-order valence-corrected chi connectivity index (χ1v) is 6.60. The zero-order valence-corrected chi connectivity index (χ0v) is 10.8. The highest BCUT2D eigenvalue weighted by Crippen LogP contribution is 2.31. The Morgan fingerprint density at radius 2 is 1.83 bits per heavy atom. The molecule has 3 rings (SSSR count). The number of nitrogens with zero attached hydrogens (tertiary/aromatic N) is 2. The van der Waals surface area contributed by atoms with Crippen molar-refractivity contribution >= 4 is 0 Å². The van der Waals surface area contributed by atoms with Crippen LogP contribution in [-0.4, -0.2) is 62.3 Å². The number of likely N-dealkylation sites (N-methyl/N-ethyl adjacent to an activating group) is 1. The molecule has 0 amide bonds. The predicted octanol–water partition coefficient (Wildman–Crippen LogP) is 1.07. The highest BCUT2D eigenvalue weighted by atomic mass is 16.6. The van der Waals surface area contributed by atoms with Crippen LogP contribution >= 0.6 is 0 Å². The summed E-state index contributed by atoms with van der Waals surface area (Å²) in [7, 11) is 2.17. The van der Waals surface area contributed by atoms with Gasteiger partial charge in [0.15, 0.2) is 11.5 Å². The van der Waals surface area contributed by atoms with Crippen LogP contribution in [0.2, 0.25) is 0 Å². The summed E-state index contributed by atoms with van der Waals surface area (Å²) < 4.78 is 11.7. The van der Waals surface area contributed by atoms with Crippen LogP contribution in [0.3, 0.4) is 0 Å². The summed E-state index contributed by atoms with van der Waals surface area (Å²) in [6.07, 6.45) is 0.156. The first-order chi connectivity index (χ1) is 8.81. The van der Waals surface area contributed by atoms with E-state index < -0.39 is 0 Å². The van der Waals surface area contributed by atoms with Gasteiger partial charge in [0.25, 0.3) is 0 Å². The largest absolute Gasteiger partial charge is 0.486 e. The van der Waals surface area contributed by atoms with Gasteiger partial charge in [0.2, 0.25) is 0 Å². The van der Waals surface area contributed by atoms with Crippen LogP contribution in [0.15, 0.2) is 24.3 Å². The van der Waals surface area contributed by atoms with Gasteiger partial charge in [-0.25, -0.2) is 0 Å². The third-order valence-electron chi connectivity index (χ3n) is 3.63. The summed E-state index contributed by atoms with van der Waals surface area (Å²) in [4.78, 5) is 4.83. The first-order valence-electron chi connectivity index (χ1n) is 6.60. The molecule has 0 bridgehead atoms. The van der Waals surface area contributed by atoms with Gasteiger partial charge >= 0.3 is 0 Å². The molecule has 0 aromatic heterocycles. The highest BCUT2D eigenvalue weighted by Gasteiger charge is 2.24. The Morgan fingerprint density at radius 3 is 2.61 bits per heavy atom. The van der Waals surface area contributed by atoms with Crippen molar-refractivity contribution in [3.8, 4) is 11.5 Å². The lowest BCUT2D eigenvalue weighted by Gasteiger charge is -2.35. The van der Waals surface area contributed by atoms with Crippen LogP contribution in [0, 0.1) is 0 Å². The number of rotatable bonds is 2. The minimum absolute atomic E-state index is 0.156. The maximum absolute atomic E-state index is 5.98. The quantitative estimate of drug-likeness (QED) is 0.782. The molecule has 0 aliphatic carbocycles. The van der Waals surface area contributed by atoms with Crippen molar-refractivity contribution in [2.24, 2.45) is 0 Å². The molecule has 98 valence electrons. The Morgan fingerprint density at radius 1 is 1.11 bits per heavy atom. The van der Waals surface area contributed by atoms with Crippen LogP contribution in [0.5, 0.6) is 11.5 Å². The topological polar surface area (TPSA) is 24.9 Å². The lowest BCUT2D eigenvalue weighted by molar-refractivity contribution is 0.0440. The van der Waals surface area contributed by atoms with E-state index in [1.54, 1.807) is 0 Å². The molecule has 4 nitrogen and oxygen atoms in total. The summed E-state index contributed by atoms with van der Waals surface area (Å²) in [5, 5.41) is 0. The van der Waals surface area contributed by atoms with Gasteiger partial charge in [-0.1, -0.05) is 12.1 Å². The number of hydrogen-bond donors (Lipinski definition) is 0. The van der Waals surface area contributed by atoms with Gasteiger partial charge in [-0.2, -0.15) is 0 Å². The fourth-order valence-electron chi connectivity index (χ4n) is 2.47. The molecule has 0 saturated carbocycles. The fourth-order valence-corrected chi connectivity index (χ4v) is 2.47. The third kappa shape index (κ3) is 2.60. The van der Waals surface area contributed by atoms with Crippen molar-refractivity contribution < 1.29 is 9.47 Å². The van der Waals surface area contributed by atoms with Crippen molar-refractivity contribution in [1.29, 1.82) is 0 Å². The van der Waals surface area contributed by atoms with Gasteiger partial charge in [-0.3, -0.25) is 4.90 Å². The minimum atomic E-state index is 0.156. The molecular formula is C14H20N2O2. The van der Waals surface area contributed by atoms with Gasteiger partial charge < -0.3 is 14.4 Å². The van der Waals surface area contributed by atoms with Crippen molar-refractivity contribution in [1.82, 2.24) is 9.80 Å². The van der Waals surface area contributed by atoms with Crippen molar-refractivity contribution in [2.45, 2.75) is 6.10 Å². The molecule has 1 saturated heterocycles. The molecule has 2 aliphatic heterocycles. The van der Waals surface area contributed by atoms with Gasteiger partial charge in [-0.05, 0) is 19.2 Å². The molecule has 0 N–H and O–H groups in total. The van der Waals surface area contributed by atoms with Gasteiger partial charge in [0.05, 0.1) is 0 Å². The second-order valence-corrected chi connectivity index (χ2v) is 5.10. The minimum Gasteiger partial charge on any atom is -0.486 e. The van der Waals surface area contributed by atoms with E-state index in [0.29, 0.717) is 6.61 Å². The number of fused-ring (bicyclic) bond motifs is 1. The number of hydrogen-bond acceptors (Lipinski definition) is 4. The highest BCUT2D eigenvalue weighted by molar-refractivity contribution is 5.40. The van der Waals surface area contributed by atoms with Gasteiger partial charge in [-0.15, -0.1) is 0 Å². The molecule has 4 heteroatoms. The Hall–Kier alpha value is -1.26. The van der Waals surface area contributed by atoms with Crippen LogP contribution < -0.4 is 9.47 Å². The van der Waals surface area contributed by atoms with Crippen LogP contribution in [0.1, 0.15) is 0 Å². The Bertz CT molecular complexity index is 403. The number of ether oxygens (including phenoxy) is 2. The number of benzene rings is 1. The summed E-state index contributed by atoms with van der Waals surface area (Å²) in [5.74, 6) is 1.75. The van der Waals surface area contributed by atoms with E-state index in [4.69, 9.17) is 9.47 Å². The smallest absolute Gasteiger partial charge is 0.161 e. The zero-order valence-electron chi connectivity index (χ0n) is 10.8. The molecule has 18 heavy (non-hydrogen) atoms. The predicted molar refractivity (Wildman–Crippen MR) is 70.3 cm³/mol. The normalized spacial score (nSPS) is 25.1. The Kier molecular flexibility index (Phi) is 3.39. The second kappa shape index (κ2) is 5.16. The van der Waals surface area contributed by atoms with E-state index >= 15 is 0 Å². The lowest BCUT2D eigenvalue weighted by atomic mass is 10.2. The maximum atomic E-state index is 5.98. The molecule has 2 heterocycles. The molecule has 0 radical (unpaired) electrons. The van der Waals surface area contributed by atoms with Crippen LogP contribution in [-0.2, 0) is 0 Å². The average molecular weight is 248 g/mol. The molecule has 0 unspecified atom stereocenters. The van der Waals surface area contributed by atoms with Crippen molar-refractivity contribution in [2.75, 3.05) is 46.4 Å². The molecule has 1 fully saturated rings. The standard InChI is InChI=1S/C14H20N2O2/c1-15-6-8-16(9-7-15)10-12-11-17-13-4-2-3-5-14(13)18-12/h2-5,12H,6-11H2,1H3/t12-/m1/s1. The van der Waals surface area contributed by atoms with E-state index in [1.165, 1.54) is 0 Å². The van der Waals surface area contributed by atoms with E-state index in [2.05, 4.69) is 16.8 Å². The monoisotopic (exact) mass is 248 g/mol. The van der Waals surface area contributed by atoms with Crippen molar-refractivity contribution in [3.05, 3.63) is 24.3 Å². The van der Waals surface area contributed by atoms with E-state index in [9.17, 15) is 0 Å². The van der Waals surface area contributed by atoms with Crippen LogP contribution in [0.4, 0.5) is 0 Å². The van der Waals surface area contributed by atoms with E-state index in [-0.39, 0.29) is 6.10 Å². The average Bonchev–Trinajstić information content (AvgIpc) is 2.41. The van der Waals surface area contributed by atoms with E-state index in [1.807, 2.05) is 24.3 Å². The van der Waals surface area contributed by atoms with Crippen molar-refractivity contribution in [3.63, 3.8) is 0 Å². The molecule has 0 spiro atoms. The van der Waals surface area contributed by atoms with Gasteiger partial charge in [0.1, 0.15) is 12.7 Å². The number of piperazine rings is 1. The van der Waals surface area contributed by atoms with Gasteiger partial charge in [0, 0.05) is 32.7 Å². The molecule has 1 atom stereocenters. The first kappa shape index (κ1) is 11.8.